The number of aliphatic hydroxyl groups is 1. The Bertz CT molecular complexity index is 1430. The van der Waals surface area contributed by atoms with Gasteiger partial charge in [0.1, 0.15) is 19.3 Å². The lowest BCUT2D eigenvalue weighted by atomic mass is 10.2. The van der Waals surface area contributed by atoms with E-state index >= 15 is 0 Å². The molecular formula is C26H32ClN5O5. The second-order valence-corrected chi connectivity index (χ2v) is 8.76. The number of nitrogens with zero attached hydrogens (tertiary/aromatic N) is 5. The number of hydrogen-bond donors (Lipinski definition) is 1. The Kier molecular flexibility index (Phi) is 9.51. The number of fused-ring (bicyclic) bond motifs is 1. The van der Waals surface area contributed by atoms with E-state index in [1.165, 1.54) is 11.6 Å². The van der Waals surface area contributed by atoms with Crippen LogP contribution in [0.5, 0.6) is 11.5 Å². The van der Waals surface area contributed by atoms with E-state index in [0.717, 1.165) is 10.1 Å². The van der Waals surface area contributed by atoms with Gasteiger partial charge in [-0.05, 0) is 24.7 Å². The topological polar surface area (TPSA) is 104 Å². The molecule has 0 aliphatic heterocycles. The maximum atomic E-state index is 12.6. The molecule has 2 heterocycles. The standard InChI is InChI=1S/C26H31N5O5.ClH/c1-28(13-14-31-18-27-24-23(31)25(33)30(3)26(34)29(24)2)15-20(32)17-36-22-12-8-7-11-21(22)35-16-19-9-5-4-6-10-19;/h4-12,18,20,32H,13-17H2,1-3H3;1H. The quantitative estimate of drug-likeness (QED) is 0.316. The highest BCUT2D eigenvalue weighted by molar-refractivity contribution is 5.85. The Labute approximate surface area is 220 Å². The zero-order chi connectivity index (χ0) is 25.7. The lowest BCUT2D eigenvalue weighted by molar-refractivity contribution is 0.0739. The van der Waals surface area contributed by atoms with Crippen LogP contribution in [-0.2, 0) is 27.2 Å². The van der Waals surface area contributed by atoms with Gasteiger partial charge in [0, 0.05) is 33.7 Å². The highest BCUT2D eigenvalue weighted by Crippen LogP contribution is 2.27. The summed E-state index contributed by atoms with van der Waals surface area (Å²) in [6.07, 6.45) is 0.830. The van der Waals surface area contributed by atoms with Gasteiger partial charge in [-0.2, -0.15) is 0 Å². The first kappa shape index (κ1) is 28.0. The molecule has 0 aliphatic rings. The summed E-state index contributed by atoms with van der Waals surface area (Å²) in [5.41, 5.74) is 0.996. The van der Waals surface area contributed by atoms with Crippen molar-refractivity contribution in [2.45, 2.75) is 19.3 Å². The summed E-state index contributed by atoms with van der Waals surface area (Å²) < 4.78 is 15.9. The minimum absolute atomic E-state index is 0. The van der Waals surface area contributed by atoms with Gasteiger partial charge in [-0.3, -0.25) is 13.9 Å². The molecule has 0 spiro atoms. The predicted octanol–water partition coefficient (Wildman–Crippen LogP) is 1.81. The molecule has 2 aromatic heterocycles. The van der Waals surface area contributed by atoms with Crippen LogP contribution >= 0.6 is 12.4 Å². The zero-order valence-electron chi connectivity index (χ0n) is 21.1. The molecule has 0 amide bonds. The monoisotopic (exact) mass is 529 g/mol. The smallest absolute Gasteiger partial charge is 0.332 e. The number of halogens is 1. The Balaban J connectivity index is 0.00000380. The maximum Gasteiger partial charge on any atom is 0.332 e. The number of aliphatic hydroxyl groups excluding tert-OH is 1. The summed E-state index contributed by atoms with van der Waals surface area (Å²) in [7, 11) is 4.93. The van der Waals surface area contributed by atoms with Crippen LogP contribution in [0, 0.1) is 0 Å². The van der Waals surface area contributed by atoms with Crippen molar-refractivity contribution in [2.75, 3.05) is 26.7 Å². The third-order valence-corrected chi connectivity index (χ3v) is 5.98. The van der Waals surface area contributed by atoms with E-state index in [9.17, 15) is 14.7 Å². The minimum atomic E-state index is -0.731. The number of aromatic nitrogens is 4. The molecule has 0 saturated heterocycles. The van der Waals surface area contributed by atoms with E-state index in [0.29, 0.717) is 48.9 Å². The summed E-state index contributed by atoms with van der Waals surface area (Å²) in [6, 6.07) is 17.3. The average molecular weight is 530 g/mol. The molecule has 10 nitrogen and oxygen atoms in total. The van der Waals surface area contributed by atoms with E-state index in [2.05, 4.69) is 4.98 Å². The number of para-hydroxylation sites is 2. The normalized spacial score (nSPS) is 11.9. The number of hydrogen-bond acceptors (Lipinski definition) is 7. The van der Waals surface area contributed by atoms with Crippen molar-refractivity contribution >= 4 is 23.6 Å². The van der Waals surface area contributed by atoms with Crippen LogP contribution in [0.25, 0.3) is 11.2 Å². The fraction of sp³-hybridized carbons (Fsp3) is 0.346. The van der Waals surface area contributed by atoms with Crippen molar-refractivity contribution < 1.29 is 14.6 Å². The fourth-order valence-corrected chi connectivity index (χ4v) is 3.96. The second kappa shape index (κ2) is 12.6. The number of aryl methyl sites for hydroxylation is 1. The van der Waals surface area contributed by atoms with Gasteiger partial charge >= 0.3 is 5.69 Å². The molecule has 0 fully saturated rings. The highest BCUT2D eigenvalue weighted by atomic mass is 35.5. The third kappa shape index (κ3) is 6.59. The van der Waals surface area contributed by atoms with Crippen LogP contribution in [0.3, 0.4) is 0 Å². The van der Waals surface area contributed by atoms with Crippen molar-refractivity contribution in [1.82, 2.24) is 23.6 Å². The summed E-state index contributed by atoms with van der Waals surface area (Å²) >= 11 is 0. The zero-order valence-corrected chi connectivity index (χ0v) is 21.9. The molecule has 2 aromatic carbocycles. The van der Waals surface area contributed by atoms with Gasteiger partial charge < -0.3 is 24.0 Å². The van der Waals surface area contributed by atoms with Crippen LogP contribution in [0.1, 0.15) is 5.56 Å². The molecule has 198 valence electrons. The maximum absolute atomic E-state index is 12.6. The van der Waals surface area contributed by atoms with Crippen LogP contribution in [-0.4, -0.2) is 61.5 Å². The van der Waals surface area contributed by atoms with Crippen LogP contribution in [0.4, 0.5) is 0 Å². The molecule has 0 saturated carbocycles. The summed E-state index contributed by atoms with van der Waals surface area (Å²) in [5, 5.41) is 10.5. The van der Waals surface area contributed by atoms with E-state index in [-0.39, 0.29) is 24.6 Å². The Morgan fingerprint density at radius 1 is 0.973 bits per heavy atom. The first-order valence-electron chi connectivity index (χ1n) is 11.7. The summed E-state index contributed by atoms with van der Waals surface area (Å²) in [6.45, 7) is 1.94. The molecule has 0 aliphatic carbocycles. The Morgan fingerprint density at radius 2 is 1.62 bits per heavy atom. The second-order valence-electron chi connectivity index (χ2n) is 8.76. The largest absolute Gasteiger partial charge is 0.487 e. The van der Waals surface area contributed by atoms with E-state index < -0.39 is 11.8 Å². The average Bonchev–Trinajstić information content (AvgIpc) is 3.32. The third-order valence-electron chi connectivity index (χ3n) is 5.98. The molecule has 11 heteroatoms. The number of imidazole rings is 1. The molecule has 0 radical (unpaired) electrons. The predicted molar refractivity (Wildman–Crippen MR) is 144 cm³/mol. The summed E-state index contributed by atoms with van der Waals surface area (Å²) in [4.78, 5) is 30.9. The van der Waals surface area contributed by atoms with Crippen LogP contribution in [0.2, 0.25) is 0 Å². The fourth-order valence-electron chi connectivity index (χ4n) is 3.96. The van der Waals surface area contributed by atoms with Crippen molar-refractivity contribution in [3.63, 3.8) is 0 Å². The molecule has 4 rings (SSSR count). The number of benzene rings is 2. The van der Waals surface area contributed by atoms with Crippen LogP contribution < -0.4 is 20.7 Å². The molecule has 37 heavy (non-hydrogen) atoms. The number of rotatable bonds is 11. The van der Waals surface area contributed by atoms with E-state index in [1.807, 2.05) is 66.5 Å². The number of ether oxygens (including phenoxy) is 2. The van der Waals surface area contributed by atoms with Gasteiger partial charge in [0.15, 0.2) is 22.7 Å². The molecule has 1 atom stereocenters. The van der Waals surface area contributed by atoms with Crippen molar-refractivity contribution in [1.29, 1.82) is 0 Å². The summed E-state index contributed by atoms with van der Waals surface area (Å²) in [5.74, 6) is 1.19. The molecule has 1 unspecified atom stereocenters. The Morgan fingerprint density at radius 3 is 2.32 bits per heavy atom. The van der Waals surface area contributed by atoms with Crippen molar-refractivity contribution in [2.24, 2.45) is 14.1 Å². The van der Waals surface area contributed by atoms with Crippen LogP contribution in [0.15, 0.2) is 70.5 Å². The van der Waals surface area contributed by atoms with Gasteiger partial charge in [0.2, 0.25) is 0 Å². The van der Waals surface area contributed by atoms with Crippen molar-refractivity contribution in [3.05, 3.63) is 87.3 Å². The van der Waals surface area contributed by atoms with Gasteiger partial charge in [0.05, 0.1) is 6.33 Å². The highest BCUT2D eigenvalue weighted by Gasteiger charge is 2.16. The lowest BCUT2D eigenvalue weighted by Gasteiger charge is -2.21. The van der Waals surface area contributed by atoms with E-state index in [4.69, 9.17) is 9.47 Å². The van der Waals surface area contributed by atoms with Gasteiger partial charge in [0.25, 0.3) is 5.56 Å². The molecule has 0 bridgehead atoms. The Hall–Kier alpha value is -3.60. The molecule has 4 aromatic rings. The first-order chi connectivity index (χ1) is 17.3. The van der Waals surface area contributed by atoms with Gasteiger partial charge in [-0.25, -0.2) is 9.78 Å². The van der Waals surface area contributed by atoms with Gasteiger partial charge in [-0.1, -0.05) is 42.5 Å². The van der Waals surface area contributed by atoms with Gasteiger partial charge in [-0.15, -0.1) is 12.4 Å². The minimum Gasteiger partial charge on any atom is -0.487 e. The first-order valence-corrected chi connectivity index (χ1v) is 11.7. The van der Waals surface area contributed by atoms with E-state index in [1.54, 1.807) is 17.9 Å². The SMILES string of the molecule is CN(CCn1cnc2c1c(=O)n(C)c(=O)n2C)CC(O)COc1ccccc1OCc1ccccc1.Cl. The van der Waals surface area contributed by atoms with Crippen molar-refractivity contribution in [3.8, 4) is 11.5 Å². The lowest BCUT2D eigenvalue weighted by Crippen LogP contribution is -2.38. The molecule has 1 N–H and O–H groups in total. The molecular weight excluding hydrogens is 498 g/mol. The number of likely N-dealkylation sites (N-methyl/N-ethyl adjacent to an activating group) is 1.